The zero-order valence-electron chi connectivity index (χ0n) is 6.28. The number of aliphatic imine (C=N–C) groups is 1. The number of nitrogens with zero attached hydrogens (tertiary/aromatic N) is 1. The molecular weight excluding hydrogens is 156 g/mol. The van der Waals surface area contributed by atoms with Crippen molar-refractivity contribution in [2.45, 2.75) is 11.8 Å². The lowest BCUT2D eigenvalue weighted by molar-refractivity contribution is 1.39. The van der Waals surface area contributed by atoms with Gasteiger partial charge in [0.25, 0.3) is 0 Å². The molecule has 0 aromatic heterocycles. The number of hydrogen-bond donors (Lipinski definition) is 2. The molecule has 0 unspecified atom stereocenters. The van der Waals surface area contributed by atoms with Crippen LogP contribution in [-0.2, 0) is 0 Å². The second-order valence-electron chi connectivity index (χ2n) is 2.14. The lowest BCUT2D eigenvalue weighted by Gasteiger charge is -1.98. The summed E-state index contributed by atoms with van der Waals surface area (Å²) in [5.41, 5.74) is 7.09. The molecule has 1 aromatic rings. The first-order valence-corrected chi connectivity index (χ1v) is 3.76. The van der Waals surface area contributed by atoms with Crippen LogP contribution in [0.15, 0.2) is 28.1 Å². The Morgan fingerprint density at radius 1 is 1.55 bits per heavy atom. The van der Waals surface area contributed by atoms with Crippen LogP contribution in [0.5, 0.6) is 0 Å². The summed E-state index contributed by atoms with van der Waals surface area (Å²) in [6, 6.07) is 5.44. The van der Waals surface area contributed by atoms with Gasteiger partial charge < -0.3 is 5.73 Å². The molecule has 0 saturated carbocycles. The van der Waals surface area contributed by atoms with Crippen LogP contribution in [0.25, 0.3) is 0 Å². The molecule has 0 fully saturated rings. The van der Waals surface area contributed by atoms with Crippen LogP contribution in [0.4, 0.5) is 11.4 Å². The van der Waals surface area contributed by atoms with Crippen LogP contribution in [-0.4, -0.2) is 6.21 Å². The largest absolute Gasteiger partial charge is 0.399 e. The van der Waals surface area contributed by atoms with Crippen molar-refractivity contribution in [1.29, 1.82) is 0 Å². The summed E-state index contributed by atoms with van der Waals surface area (Å²) < 4.78 is 0. The Bertz CT molecular complexity index is 281. The van der Waals surface area contributed by atoms with Gasteiger partial charge in [0, 0.05) is 16.8 Å². The number of nitrogens with two attached hydrogens (primary N) is 1. The lowest BCUT2D eigenvalue weighted by atomic mass is 10.3. The van der Waals surface area contributed by atoms with Crippen molar-refractivity contribution in [1.82, 2.24) is 0 Å². The maximum Gasteiger partial charge on any atom is 0.0760 e. The molecule has 0 aliphatic heterocycles. The van der Waals surface area contributed by atoms with Crippen LogP contribution in [0.2, 0.25) is 0 Å². The van der Waals surface area contributed by atoms with Gasteiger partial charge >= 0.3 is 0 Å². The van der Waals surface area contributed by atoms with Gasteiger partial charge in [0.05, 0.1) is 5.69 Å². The first-order chi connectivity index (χ1) is 5.24. The average molecular weight is 166 g/mol. The SMILES string of the molecule is CC=Nc1ccc(N)cc1S. The van der Waals surface area contributed by atoms with E-state index in [0.29, 0.717) is 5.69 Å². The van der Waals surface area contributed by atoms with E-state index in [1.807, 2.05) is 19.1 Å². The van der Waals surface area contributed by atoms with Gasteiger partial charge in [-0.25, -0.2) is 0 Å². The predicted octanol–water partition coefficient (Wildman–Crippen LogP) is 2.28. The highest BCUT2D eigenvalue weighted by atomic mass is 32.1. The minimum atomic E-state index is 0.713. The first kappa shape index (κ1) is 8.14. The van der Waals surface area contributed by atoms with E-state index < -0.39 is 0 Å². The fourth-order valence-corrected chi connectivity index (χ4v) is 1.07. The Morgan fingerprint density at radius 3 is 2.82 bits per heavy atom. The van der Waals surface area contributed by atoms with Crippen LogP contribution in [0, 0.1) is 0 Å². The number of thiol groups is 1. The highest BCUT2D eigenvalue weighted by molar-refractivity contribution is 7.80. The number of benzene rings is 1. The highest BCUT2D eigenvalue weighted by Crippen LogP contribution is 2.24. The smallest absolute Gasteiger partial charge is 0.0760 e. The third-order valence-electron chi connectivity index (χ3n) is 1.27. The molecule has 0 bridgehead atoms. The summed E-state index contributed by atoms with van der Waals surface area (Å²) in [4.78, 5) is 4.90. The molecule has 0 atom stereocenters. The Kier molecular flexibility index (Phi) is 2.54. The normalized spacial score (nSPS) is 10.7. The Balaban J connectivity index is 3.09. The third kappa shape index (κ3) is 1.98. The second-order valence-corrected chi connectivity index (χ2v) is 2.62. The van der Waals surface area contributed by atoms with Gasteiger partial charge in [-0.2, -0.15) is 0 Å². The summed E-state index contributed by atoms with van der Waals surface area (Å²) in [6.45, 7) is 1.86. The topological polar surface area (TPSA) is 38.4 Å². The molecule has 0 amide bonds. The van der Waals surface area contributed by atoms with E-state index in [4.69, 9.17) is 5.73 Å². The van der Waals surface area contributed by atoms with Gasteiger partial charge in [0.2, 0.25) is 0 Å². The molecule has 0 aliphatic rings. The van der Waals surface area contributed by atoms with E-state index in [9.17, 15) is 0 Å². The molecular formula is C8H10N2S. The molecule has 0 spiro atoms. The van der Waals surface area contributed by atoms with E-state index in [-0.39, 0.29) is 0 Å². The first-order valence-electron chi connectivity index (χ1n) is 3.31. The van der Waals surface area contributed by atoms with Crippen molar-refractivity contribution in [3.05, 3.63) is 18.2 Å². The van der Waals surface area contributed by atoms with Crippen molar-refractivity contribution in [2.75, 3.05) is 5.73 Å². The van der Waals surface area contributed by atoms with Crippen LogP contribution >= 0.6 is 12.6 Å². The van der Waals surface area contributed by atoms with Crippen molar-refractivity contribution in [2.24, 2.45) is 4.99 Å². The molecule has 1 rings (SSSR count). The molecule has 2 nitrogen and oxygen atoms in total. The number of nitrogen functional groups attached to an aromatic ring is 1. The van der Waals surface area contributed by atoms with Crippen molar-refractivity contribution in [3.8, 4) is 0 Å². The van der Waals surface area contributed by atoms with E-state index >= 15 is 0 Å². The maximum atomic E-state index is 5.52. The molecule has 1 aromatic carbocycles. The minimum Gasteiger partial charge on any atom is -0.399 e. The fraction of sp³-hybridized carbons (Fsp3) is 0.125. The maximum absolute atomic E-state index is 5.52. The molecule has 3 heteroatoms. The van der Waals surface area contributed by atoms with E-state index in [2.05, 4.69) is 17.6 Å². The van der Waals surface area contributed by atoms with Gasteiger partial charge in [-0.1, -0.05) is 0 Å². The Morgan fingerprint density at radius 2 is 2.27 bits per heavy atom. The quantitative estimate of drug-likeness (QED) is 0.375. The summed E-state index contributed by atoms with van der Waals surface area (Å²) in [5, 5.41) is 0. The third-order valence-corrected chi connectivity index (χ3v) is 1.63. The molecule has 0 heterocycles. The minimum absolute atomic E-state index is 0.713. The summed E-state index contributed by atoms with van der Waals surface area (Å²) in [5.74, 6) is 0. The highest BCUT2D eigenvalue weighted by Gasteiger charge is 1.94. The van der Waals surface area contributed by atoms with Crippen molar-refractivity contribution in [3.63, 3.8) is 0 Å². The van der Waals surface area contributed by atoms with Crippen molar-refractivity contribution >= 4 is 30.2 Å². The molecule has 58 valence electrons. The number of rotatable bonds is 1. The van der Waals surface area contributed by atoms with E-state index in [1.54, 1.807) is 12.3 Å². The van der Waals surface area contributed by atoms with Crippen LogP contribution in [0.3, 0.4) is 0 Å². The van der Waals surface area contributed by atoms with Crippen LogP contribution in [0.1, 0.15) is 6.92 Å². The summed E-state index contributed by atoms with van der Waals surface area (Å²) in [7, 11) is 0. The monoisotopic (exact) mass is 166 g/mol. The average Bonchev–Trinajstić information content (AvgIpc) is 1.95. The van der Waals surface area contributed by atoms with Gasteiger partial charge in [0.15, 0.2) is 0 Å². The molecule has 11 heavy (non-hydrogen) atoms. The Labute approximate surface area is 71.6 Å². The van der Waals surface area contributed by atoms with Gasteiger partial charge in [-0.15, -0.1) is 12.6 Å². The number of anilines is 1. The molecule has 0 saturated heterocycles. The lowest BCUT2D eigenvalue weighted by Crippen LogP contribution is -1.82. The second kappa shape index (κ2) is 3.44. The van der Waals surface area contributed by atoms with Crippen molar-refractivity contribution < 1.29 is 0 Å². The van der Waals surface area contributed by atoms with E-state index in [1.165, 1.54) is 0 Å². The van der Waals surface area contributed by atoms with E-state index in [0.717, 1.165) is 10.6 Å². The van der Waals surface area contributed by atoms with Crippen LogP contribution < -0.4 is 5.73 Å². The van der Waals surface area contributed by atoms with Gasteiger partial charge in [-0.3, -0.25) is 4.99 Å². The van der Waals surface area contributed by atoms with Gasteiger partial charge in [0.1, 0.15) is 0 Å². The number of hydrogen-bond acceptors (Lipinski definition) is 3. The van der Waals surface area contributed by atoms with Gasteiger partial charge in [-0.05, 0) is 25.1 Å². The fourth-order valence-electron chi connectivity index (χ4n) is 0.789. The zero-order chi connectivity index (χ0) is 8.27. The summed E-state index contributed by atoms with van der Waals surface area (Å²) >= 11 is 4.21. The summed E-state index contributed by atoms with van der Waals surface area (Å²) in [6.07, 6.45) is 1.73. The predicted molar refractivity (Wildman–Crippen MR) is 51.9 cm³/mol. The molecule has 2 N–H and O–H groups in total. The zero-order valence-corrected chi connectivity index (χ0v) is 7.18. The Hall–Kier alpha value is -0.960. The molecule has 0 aliphatic carbocycles. The standard InChI is InChI=1S/C8H10N2S/c1-2-10-7-4-3-6(9)5-8(7)11/h2-5,11H,9H2,1H3. The molecule has 0 radical (unpaired) electrons.